The molecule has 0 aliphatic rings. The van der Waals surface area contributed by atoms with E-state index in [1.165, 1.54) is 11.1 Å². The second kappa shape index (κ2) is 7.25. The van der Waals surface area contributed by atoms with Gasteiger partial charge in [-0.1, -0.05) is 49.4 Å². The monoisotopic (exact) mass is 232 g/mol. The van der Waals surface area contributed by atoms with Crippen LogP contribution < -0.4 is 5.32 Å². The van der Waals surface area contributed by atoms with Crippen molar-refractivity contribution in [2.75, 3.05) is 26.7 Å². The van der Waals surface area contributed by atoms with E-state index < -0.39 is 0 Å². The molecule has 1 aromatic carbocycles. The Kier molecular flexibility index (Phi) is 5.95. The van der Waals surface area contributed by atoms with Crippen LogP contribution in [-0.2, 0) is 0 Å². The highest BCUT2D eigenvalue weighted by atomic mass is 15.2. The van der Waals surface area contributed by atoms with Crippen LogP contribution in [0, 0.1) is 0 Å². The van der Waals surface area contributed by atoms with Crippen LogP contribution in [0.15, 0.2) is 42.5 Å². The first kappa shape index (κ1) is 13.9. The van der Waals surface area contributed by atoms with Gasteiger partial charge in [-0.3, -0.25) is 4.90 Å². The molecule has 1 N–H and O–H groups in total. The van der Waals surface area contributed by atoms with Gasteiger partial charge >= 0.3 is 0 Å². The van der Waals surface area contributed by atoms with Crippen molar-refractivity contribution in [1.82, 2.24) is 10.2 Å². The molecule has 0 fully saturated rings. The van der Waals surface area contributed by atoms with Gasteiger partial charge in [0.25, 0.3) is 0 Å². The molecule has 0 aromatic heterocycles. The zero-order chi connectivity index (χ0) is 12.7. The van der Waals surface area contributed by atoms with E-state index in [0.29, 0.717) is 6.04 Å². The van der Waals surface area contributed by atoms with Crippen molar-refractivity contribution < 1.29 is 0 Å². The summed E-state index contributed by atoms with van der Waals surface area (Å²) in [6.45, 7) is 11.3. The third kappa shape index (κ3) is 4.33. The van der Waals surface area contributed by atoms with E-state index in [-0.39, 0.29) is 0 Å². The van der Waals surface area contributed by atoms with Crippen molar-refractivity contribution in [3.63, 3.8) is 0 Å². The van der Waals surface area contributed by atoms with Crippen LogP contribution in [-0.4, -0.2) is 31.6 Å². The van der Waals surface area contributed by atoms with Gasteiger partial charge in [-0.25, -0.2) is 0 Å². The minimum atomic E-state index is 0.419. The third-order valence-corrected chi connectivity index (χ3v) is 2.90. The lowest BCUT2D eigenvalue weighted by molar-refractivity contribution is 0.223. The predicted molar refractivity (Wildman–Crippen MR) is 75.2 cm³/mol. The average molecular weight is 232 g/mol. The topological polar surface area (TPSA) is 15.3 Å². The van der Waals surface area contributed by atoms with Gasteiger partial charge in [-0.15, -0.1) is 0 Å². The maximum Gasteiger partial charge on any atom is 0.0475 e. The van der Waals surface area contributed by atoms with Crippen molar-refractivity contribution in [2.24, 2.45) is 0 Å². The van der Waals surface area contributed by atoms with E-state index in [1.807, 2.05) is 7.05 Å². The zero-order valence-corrected chi connectivity index (χ0v) is 11.2. The SMILES string of the molecule is C=C(C)CN(CC)C(CNC)c1ccccc1. The lowest BCUT2D eigenvalue weighted by Crippen LogP contribution is -2.35. The van der Waals surface area contributed by atoms with Gasteiger partial charge in [0.15, 0.2) is 0 Å². The Bertz CT molecular complexity index is 332. The van der Waals surface area contributed by atoms with Crippen LogP contribution in [0.3, 0.4) is 0 Å². The molecule has 2 heteroatoms. The molecule has 1 rings (SSSR count). The first-order valence-corrected chi connectivity index (χ1v) is 6.27. The maximum absolute atomic E-state index is 4.02. The molecule has 17 heavy (non-hydrogen) atoms. The minimum absolute atomic E-state index is 0.419. The first-order chi connectivity index (χ1) is 8.19. The summed E-state index contributed by atoms with van der Waals surface area (Å²) in [5.74, 6) is 0. The molecule has 94 valence electrons. The minimum Gasteiger partial charge on any atom is -0.318 e. The Hall–Kier alpha value is -1.12. The Morgan fingerprint density at radius 2 is 2.00 bits per heavy atom. The highest BCUT2D eigenvalue weighted by Gasteiger charge is 2.17. The number of benzene rings is 1. The van der Waals surface area contributed by atoms with Gasteiger partial charge in [0.05, 0.1) is 0 Å². The summed E-state index contributed by atoms with van der Waals surface area (Å²) in [4.78, 5) is 2.45. The van der Waals surface area contributed by atoms with Crippen molar-refractivity contribution >= 4 is 0 Å². The number of hydrogen-bond donors (Lipinski definition) is 1. The summed E-state index contributed by atoms with van der Waals surface area (Å²) in [7, 11) is 2.00. The molecular formula is C15H24N2. The number of nitrogens with zero attached hydrogens (tertiary/aromatic N) is 1. The fraction of sp³-hybridized carbons (Fsp3) is 0.467. The number of rotatable bonds is 7. The van der Waals surface area contributed by atoms with Gasteiger partial charge in [0, 0.05) is 19.1 Å². The largest absolute Gasteiger partial charge is 0.318 e. The van der Waals surface area contributed by atoms with Crippen LogP contribution in [0.2, 0.25) is 0 Å². The van der Waals surface area contributed by atoms with Crippen molar-refractivity contribution in [3.8, 4) is 0 Å². The summed E-state index contributed by atoms with van der Waals surface area (Å²) in [6, 6.07) is 11.1. The molecule has 1 aromatic rings. The smallest absolute Gasteiger partial charge is 0.0475 e. The van der Waals surface area contributed by atoms with Gasteiger partial charge in [0.1, 0.15) is 0 Å². The van der Waals surface area contributed by atoms with E-state index in [1.54, 1.807) is 0 Å². The van der Waals surface area contributed by atoms with E-state index in [4.69, 9.17) is 0 Å². The van der Waals surface area contributed by atoms with Crippen LogP contribution in [0.5, 0.6) is 0 Å². The summed E-state index contributed by atoms with van der Waals surface area (Å²) in [5, 5.41) is 3.28. The first-order valence-electron chi connectivity index (χ1n) is 6.27. The lowest BCUT2D eigenvalue weighted by atomic mass is 10.0. The van der Waals surface area contributed by atoms with Crippen LogP contribution in [0.25, 0.3) is 0 Å². The Labute approximate surface area is 105 Å². The van der Waals surface area contributed by atoms with Crippen molar-refractivity contribution in [3.05, 3.63) is 48.0 Å². The molecule has 0 radical (unpaired) electrons. The van der Waals surface area contributed by atoms with Crippen LogP contribution >= 0.6 is 0 Å². The second-order valence-corrected chi connectivity index (χ2v) is 4.50. The highest BCUT2D eigenvalue weighted by Crippen LogP contribution is 2.20. The summed E-state index contributed by atoms with van der Waals surface area (Å²) in [6.07, 6.45) is 0. The molecule has 0 heterocycles. The maximum atomic E-state index is 4.02. The number of hydrogen-bond acceptors (Lipinski definition) is 2. The standard InChI is InChI=1S/C15H24N2/c1-5-17(12-13(2)3)15(11-16-4)14-9-7-6-8-10-14/h6-10,15-16H,2,5,11-12H2,1,3-4H3. The van der Waals surface area contributed by atoms with Gasteiger partial charge in [-0.2, -0.15) is 0 Å². The second-order valence-electron chi connectivity index (χ2n) is 4.50. The fourth-order valence-corrected chi connectivity index (χ4v) is 2.12. The molecule has 1 atom stereocenters. The van der Waals surface area contributed by atoms with E-state index in [9.17, 15) is 0 Å². The summed E-state index contributed by atoms with van der Waals surface area (Å²) < 4.78 is 0. The summed E-state index contributed by atoms with van der Waals surface area (Å²) in [5.41, 5.74) is 2.58. The zero-order valence-electron chi connectivity index (χ0n) is 11.2. The van der Waals surface area contributed by atoms with Gasteiger partial charge in [0.2, 0.25) is 0 Å². The van der Waals surface area contributed by atoms with E-state index in [2.05, 4.69) is 61.0 Å². The van der Waals surface area contributed by atoms with Gasteiger partial charge in [-0.05, 0) is 26.1 Å². The van der Waals surface area contributed by atoms with E-state index >= 15 is 0 Å². The van der Waals surface area contributed by atoms with Crippen molar-refractivity contribution in [2.45, 2.75) is 19.9 Å². The Morgan fingerprint density at radius 1 is 1.35 bits per heavy atom. The molecule has 0 amide bonds. The van der Waals surface area contributed by atoms with Crippen LogP contribution in [0.4, 0.5) is 0 Å². The van der Waals surface area contributed by atoms with Gasteiger partial charge < -0.3 is 5.32 Å². The Morgan fingerprint density at radius 3 is 2.47 bits per heavy atom. The molecule has 1 unspecified atom stereocenters. The normalized spacial score (nSPS) is 12.7. The molecule has 0 spiro atoms. The number of likely N-dealkylation sites (N-methyl/N-ethyl adjacent to an activating group) is 2. The third-order valence-electron chi connectivity index (χ3n) is 2.90. The van der Waals surface area contributed by atoms with Crippen molar-refractivity contribution in [1.29, 1.82) is 0 Å². The van der Waals surface area contributed by atoms with E-state index in [0.717, 1.165) is 19.6 Å². The molecule has 0 saturated heterocycles. The highest BCUT2D eigenvalue weighted by molar-refractivity contribution is 5.20. The molecule has 0 bridgehead atoms. The summed E-state index contributed by atoms with van der Waals surface area (Å²) >= 11 is 0. The number of nitrogens with one attached hydrogen (secondary N) is 1. The fourth-order valence-electron chi connectivity index (χ4n) is 2.12. The molecule has 0 aliphatic heterocycles. The lowest BCUT2D eigenvalue weighted by Gasteiger charge is -2.31. The Balaban J connectivity index is 2.86. The molecule has 0 aliphatic carbocycles. The molecular weight excluding hydrogens is 208 g/mol. The molecule has 0 saturated carbocycles. The predicted octanol–water partition coefficient (Wildman–Crippen LogP) is 2.85. The quantitative estimate of drug-likeness (QED) is 0.727. The molecule has 2 nitrogen and oxygen atoms in total. The average Bonchev–Trinajstić information content (AvgIpc) is 2.34. The van der Waals surface area contributed by atoms with Crippen LogP contribution in [0.1, 0.15) is 25.5 Å².